The maximum absolute atomic E-state index is 12.7. The largest absolute Gasteiger partial charge is 0.322 e. The van der Waals surface area contributed by atoms with Crippen LogP contribution < -0.4 is 10.0 Å². The summed E-state index contributed by atoms with van der Waals surface area (Å²) in [5.41, 5.74) is 1.15. The molecule has 0 saturated carbocycles. The molecule has 6 nitrogen and oxygen atoms in total. The maximum Gasteiger partial charge on any atom is 0.263 e. The number of anilines is 2. The minimum absolute atomic E-state index is 0.00376. The first kappa shape index (κ1) is 20.7. The lowest BCUT2D eigenvalue weighted by atomic mass is 10.1. The lowest BCUT2D eigenvalue weighted by molar-refractivity contribution is 0.102. The van der Waals surface area contributed by atoms with Gasteiger partial charge in [0.1, 0.15) is 4.90 Å². The number of hydrogen-bond acceptors (Lipinski definition) is 4. The predicted molar refractivity (Wildman–Crippen MR) is 113 cm³/mol. The molecular formula is C20H13Cl2N3O3S. The van der Waals surface area contributed by atoms with Crippen molar-refractivity contribution in [2.75, 3.05) is 10.0 Å². The zero-order valence-electron chi connectivity index (χ0n) is 14.7. The number of nitrogens with zero attached hydrogens (tertiary/aromatic N) is 1. The maximum atomic E-state index is 12.7. The molecule has 3 rings (SSSR count). The highest BCUT2D eigenvalue weighted by atomic mass is 35.5. The van der Waals surface area contributed by atoms with E-state index in [2.05, 4.69) is 10.0 Å². The first-order chi connectivity index (χ1) is 13.8. The van der Waals surface area contributed by atoms with Gasteiger partial charge in [0.15, 0.2) is 0 Å². The van der Waals surface area contributed by atoms with Gasteiger partial charge in [0.2, 0.25) is 0 Å². The van der Waals surface area contributed by atoms with Crippen molar-refractivity contribution in [3.05, 3.63) is 87.9 Å². The summed E-state index contributed by atoms with van der Waals surface area (Å²) < 4.78 is 27.9. The van der Waals surface area contributed by atoms with Crippen LogP contribution in [-0.4, -0.2) is 14.3 Å². The summed E-state index contributed by atoms with van der Waals surface area (Å²) in [7, 11) is -4.01. The van der Waals surface area contributed by atoms with Crippen molar-refractivity contribution in [3.8, 4) is 6.07 Å². The first-order valence-electron chi connectivity index (χ1n) is 8.18. The number of nitrogens with one attached hydrogen (secondary N) is 2. The van der Waals surface area contributed by atoms with E-state index in [0.29, 0.717) is 16.3 Å². The van der Waals surface area contributed by atoms with Crippen molar-refractivity contribution in [1.82, 2.24) is 0 Å². The zero-order chi connectivity index (χ0) is 21.0. The Kier molecular flexibility index (Phi) is 6.09. The van der Waals surface area contributed by atoms with Crippen molar-refractivity contribution in [1.29, 1.82) is 5.26 Å². The highest BCUT2D eigenvalue weighted by Crippen LogP contribution is 2.27. The van der Waals surface area contributed by atoms with Crippen LogP contribution in [0.3, 0.4) is 0 Å². The molecule has 0 aliphatic carbocycles. The molecule has 0 aliphatic heterocycles. The molecule has 0 fully saturated rings. The molecule has 0 radical (unpaired) electrons. The number of hydrogen-bond donors (Lipinski definition) is 2. The Morgan fingerprint density at radius 3 is 2.31 bits per heavy atom. The molecular weight excluding hydrogens is 433 g/mol. The Bertz CT molecular complexity index is 1220. The smallest absolute Gasteiger partial charge is 0.263 e. The third-order valence-corrected chi connectivity index (χ3v) is 5.94. The van der Waals surface area contributed by atoms with E-state index >= 15 is 0 Å². The molecule has 3 aromatic carbocycles. The number of carbonyl (C=O) groups is 1. The van der Waals surface area contributed by atoms with Crippen molar-refractivity contribution in [3.63, 3.8) is 0 Å². The Balaban J connectivity index is 1.86. The third-order valence-electron chi connectivity index (χ3n) is 3.83. The molecule has 0 saturated heterocycles. The molecule has 0 atom stereocenters. The van der Waals surface area contributed by atoms with Crippen LogP contribution in [0, 0.1) is 11.3 Å². The summed E-state index contributed by atoms with van der Waals surface area (Å²) in [6.07, 6.45) is 0. The number of rotatable bonds is 5. The van der Waals surface area contributed by atoms with Crippen LogP contribution in [0.4, 0.5) is 11.4 Å². The van der Waals surface area contributed by atoms with Crippen molar-refractivity contribution in [2.24, 2.45) is 0 Å². The Hall–Kier alpha value is -3.05. The topological polar surface area (TPSA) is 99.1 Å². The van der Waals surface area contributed by atoms with E-state index in [1.807, 2.05) is 6.07 Å². The number of carbonyl (C=O) groups excluding carboxylic acids is 1. The van der Waals surface area contributed by atoms with Crippen molar-refractivity contribution in [2.45, 2.75) is 4.90 Å². The minimum atomic E-state index is -4.01. The molecule has 29 heavy (non-hydrogen) atoms. The second-order valence-electron chi connectivity index (χ2n) is 5.90. The van der Waals surface area contributed by atoms with Crippen molar-refractivity contribution >= 4 is 50.5 Å². The molecule has 0 unspecified atom stereocenters. The van der Waals surface area contributed by atoms with Crippen LogP contribution in [0.1, 0.15) is 15.9 Å². The number of halogens is 2. The summed E-state index contributed by atoms with van der Waals surface area (Å²) in [6, 6.07) is 18.3. The summed E-state index contributed by atoms with van der Waals surface area (Å²) >= 11 is 11.9. The second-order valence-corrected chi connectivity index (χ2v) is 8.40. The molecule has 3 aromatic rings. The number of benzene rings is 3. The fourth-order valence-electron chi connectivity index (χ4n) is 2.45. The van der Waals surface area contributed by atoms with Crippen LogP contribution >= 0.6 is 23.2 Å². The molecule has 0 heterocycles. The zero-order valence-corrected chi connectivity index (χ0v) is 17.0. The van der Waals surface area contributed by atoms with E-state index in [1.54, 1.807) is 30.3 Å². The Morgan fingerprint density at radius 2 is 1.62 bits per heavy atom. The van der Waals surface area contributed by atoms with Crippen LogP contribution in [-0.2, 0) is 10.0 Å². The van der Waals surface area contributed by atoms with Crippen molar-refractivity contribution < 1.29 is 13.2 Å². The summed E-state index contributed by atoms with van der Waals surface area (Å²) in [5, 5.41) is 12.0. The van der Waals surface area contributed by atoms with E-state index < -0.39 is 15.9 Å². The molecule has 1 amide bonds. The standard InChI is InChI=1S/C20H13Cl2N3O3S/c21-15-4-6-16(7-5-15)25-29(27,28)19-11-17(8-9-18(19)22)24-20(26)14-3-1-2-13(10-14)12-23/h1-11,25H,(H,24,26). The highest BCUT2D eigenvalue weighted by Gasteiger charge is 2.19. The van der Waals surface area contributed by atoms with E-state index in [9.17, 15) is 13.2 Å². The fraction of sp³-hybridized carbons (Fsp3) is 0. The van der Waals surface area contributed by atoms with E-state index in [1.165, 1.54) is 36.4 Å². The van der Waals surface area contributed by atoms with Gasteiger partial charge < -0.3 is 5.32 Å². The molecule has 9 heteroatoms. The molecule has 0 aromatic heterocycles. The van der Waals surface area contributed by atoms with E-state index in [0.717, 1.165) is 0 Å². The average Bonchev–Trinajstić information content (AvgIpc) is 2.71. The summed E-state index contributed by atoms with van der Waals surface area (Å²) in [6.45, 7) is 0. The van der Waals surface area contributed by atoms with Crippen LogP contribution in [0.5, 0.6) is 0 Å². The quantitative estimate of drug-likeness (QED) is 0.581. The predicted octanol–water partition coefficient (Wildman–Crippen LogP) is 4.92. The molecule has 2 N–H and O–H groups in total. The van der Waals surface area contributed by atoms with Gasteiger partial charge in [0.05, 0.1) is 16.7 Å². The Labute approximate surface area is 177 Å². The first-order valence-corrected chi connectivity index (χ1v) is 10.4. The fourth-order valence-corrected chi connectivity index (χ4v) is 4.16. The van der Waals surface area contributed by atoms with Gasteiger partial charge in [0.25, 0.3) is 15.9 Å². The van der Waals surface area contributed by atoms with Crippen LogP contribution in [0.15, 0.2) is 71.6 Å². The van der Waals surface area contributed by atoms with Gasteiger partial charge in [-0.2, -0.15) is 5.26 Å². The van der Waals surface area contributed by atoms with Gasteiger partial charge >= 0.3 is 0 Å². The van der Waals surface area contributed by atoms with Gasteiger partial charge in [-0.15, -0.1) is 0 Å². The molecule has 0 bridgehead atoms. The number of amides is 1. The number of sulfonamides is 1. The minimum Gasteiger partial charge on any atom is -0.322 e. The highest BCUT2D eigenvalue weighted by molar-refractivity contribution is 7.92. The third kappa shape index (κ3) is 5.06. The Morgan fingerprint density at radius 1 is 0.931 bits per heavy atom. The monoisotopic (exact) mass is 445 g/mol. The van der Waals surface area contributed by atoms with Gasteiger partial charge in [-0.3, -0.25) is 9.52 Å². The van der Waals surface area contributed by atoms with Gasteiger partial charge in [0, 0.05) is 22.0 Å². The van der Waals surface area contributed by atoms with E-state index in [-0.39, 0.29) is 21.2 Å². The van der Waals surface area contributed by atoms with Crippen LogP contribution in [0.25, 0.3) is 0 Å². The molecule has 0 aliphatic rings. The normalized spacial score (nSPS) is 10.8. The second kappa shape index (κ2) is 8.53. The van der Waals surface area contributed by atoms with Gasteiger partial charge in [-0.1, -0.05) is 29.3 Å². The van der Waals surface area contributed by atoms with E-state index in [4.69, 9.17) is 28.5 Å². The lowest BCUT2D eigenvalue weighted by Gasteiger charge is -2.12. The summed E-state index contributed by atoms with van der Waals surface area (Å²) in [5.74, 6) is -0.488. The number of nitriles is 1. The van der Waals surface area contributed by atoms with Crippen LogP contribution in [0.2, 0.25) is 10.0 Å². The van der Waals surface area contributed by atoms with Gasteiger partial charge in [-0.05, 0) is 60.7 Å². The molecule has 0 spiro atoms. The average molecular weight is 446 g/mol. The SMILES string of the molecule is N#Cc1cccc(C(=O)Nc2ccc(Cl)c(S(=O)(=O)Nc3ccc(Cl)cc3)c2)c1. The molecule has 146 valence electrons. The van der Waals surface area contributed by atoms with Gasteiger partial charge in [-0.25, -0.2) is 8.42 Å². The lowest BCUT2D eigenvalue weighted by Crippen LogP contribution is -2.15. The summed E-state index contributed by atoms with van der Waals surface area (Å²) in [4.78, 5) is 12.2.